The van der Waals surface area contributed by atoms with Gasteiger partial charge in [-0.05, 0) is 42.8 Å². The van der Waals surface area contributed by atoms with Crippen LogP contribution in [-0.4, -0.2) is 68.1 Å². The molecule has 11 nitrogen and oxygen atoms in total. The summed E-state index contributed by atoms with van der Waals surface area (Å²) in [7, 11) is 0. The summed E-state index contributed by atoms with van der Waals surface area (Å²) in [6.45, 7) is 1.26. The van der Waals surface area contributed by atoms with Crippen molar-refractivity contribution in [2.24, 2.45) is 5.73 Å². The number of β-amino-alcohol motifs (C(OH)–C–C–N with tert-alkyl or cyclic N) is 1. The van der Waals surface area contributed by atoms with Crippen molar-refractivity contribution in [3.63, 3.8) is 0 Å². The lowest BCUT2D eigenvalue weighted by Crippen LogP contribution is -2.61. The Morgan fingerprint density at radius 2 is 2.00 bits per heavy atom. The number of nitrogens with zero attached hydrogens (tertiary/aromatic N) is 5. The number of aromatic nitrogens is 3. The molecule has 0 saturated carbocycles. The van der Waals surface area contributed by atoms with E-state index in [2.05, 4.69) is 15.6 Å². The number of aliphatic hydroxyl groups excluding tert-OH is 1. The fourth-order valence-corrected chi connectivity index (χ4v) is 4.42. The summed E-state index contributed by atoms with van der Waals surface area (Å²) < 4.78 is 15.5. The van der Waals surface area contributed by atoms with E-state index in [1.54, 1.807) is 25.1 Å². The summed E-state index contributed by atoms with van der Waals surface area (Å²) >= 11 is 12.1. The molecular weight excluding hydrogens is 528 g/mol. The number of rotatable bonds is 7. The van der Waals surface area contributed by atoms with Gasteiger partial charge in [0, 0.05) is 10.7 Å². The number of carbonyl (C=O) groups is 3. The van der Waals surface area contributed by atoms with Crippen molar-refractivity contribution in [1.29, 1.82) is 0 Å². The summed E-state index contributed by atoms with van der Waals surface area (Å²) in [5, 5.41) is 21.7. The predicted octanol–water partition coefficient (Wildman–Crippen LogP) is 2.20. The molecule has 194 valence electrons. The van der Waals surface area contributed by atoms with Crippen LogP contribution in [0.2, 0.25) is 10.2 Å². The number of nitrogens with two attached hydrogens (primary N) is 1. The first kappa shape index (κ1) is 26.5. The molecule has 1 saturated heterocycles. The summed E-state index contributed by atoms with van der Waals surface area (Å²) in [5.74, 6) is -2.78. The minimum atomic E-state index is -1.21. The molecule has 0 bridgehead atoms. The van der Waals surface area contributed by atoms with Crippen LogP contribution in [0.5, 0.6) is 0 Å². The average Bonchev–Trinajstić information content (AvgIpc) is 3.27. The van der Waals surface area contributed by atoms with Crippen LogP contribution >= 0.6 is 23.2 Å². The normalized spacial score (nSPS) is 17.1. The topological polar surface area (TPSA) is 147 Å². The number of hydrogen-bond acceptors (Lipinski definition) is 7. The van der Waals surface area contributed by atoms with Crippen LogP contribution < -0.4 is 16.0 Å². The quantitative estimate of drug-likeness (QED) is 0.409. The third kappa shape index (κ3) is 5.57. The molecule has 2 atom stereocenters. The van der Waals surface area contributed by atoms with E-state index in [1.165, 1.54) is 26.7 Å². The first-order chi connectivity index (χ1) is 17.6. The highest BCUT2D eigenvalue weighted by Crippen LogP contribution is 2.31. The number of aliphatic hydroxyl groups is 1. The number of anilines is 2. The summed E-state index contributed by atoms with van der Waals surface area (Å²) in [6.07, 6.45) is 0.494. The Bertz CT molecular complexity index is 1370. The Hall–Kier alpha value is -3.58. The highest BCUT2D eigenvalue weighted by molar-refractivity contribution is 6.31. The number of carbonyl (C=O) groups excluding carboxylic acids is 3. The largest absolute Gasteiger partial charge is 0.376 e. The molecule has 1 fully saturated rings. The number of amides is 3. The van der Waals surface area contributed by atoms with E-state index in [4.69, 9.17) is 28.9 Å². The molecule has 1 aliphatic heterocycles. The maximum Gasteiger partial charge on any atom is 0.251 e. The number of halogens is 3. The van der Waals surface area contributed by atoms with Gasteiger partial charge in [0.25, 0.3) is 5.91 Å². The molecule has 37 heavy (non-hydrogen) atoms. The van der Waals surface area contributed by atoms with Gasteiger partial charge in [0.2, 0.25) is 11.8 Å². The predicted molar refractivity (Wildman–Crippen MR) is 134 cm³/mol. The Kier molecular flexibility index (Phi) is 7.73. The summed E-state index contributed by atoms with van der Waals surface area (Å²) in [5.41, 5.74) is 5.73. The Morgan fingerprint density at radius 1 is 1.24 bits per heavy atom. The van der Waals surface area contributed by atoms with Crippen molar-refractivity contribution < 1.29 is 23.9 Å². The molecule has 1 aromatic heterocycles. The zero-order valence-corrected chi connectivity index (χ0v) is 20.9. The third-order valence-corrected chi connectivity index (χ3v) is 6.29. The average molecular weight is 550 g/mol. The van der Waals surface area contributed by atoms with E-state index in [-0.39, 0.29) is 35.9 Å². The van der Waals surface area contributed by atoms with Gasteiger partial charge in [-0.1, -0.05) is 35.3 Å². The molecule has 0 spiro atoms. The number of nitrogens with one attached hydrogen (secondary N) is 1. The monoisotopic (exact) mass is 549 g/mol. The molecule has 2 aromatic carbocycles. The van der Waals surface area contributed by atoms with Crippen LogP contribution in [-0.2, 0) is 9.59 Å². The lowest BCUT2D eigenvalue weighted by atomic mass is 10.1. The summed E-state index contributed by atoms with van der Waals surface area (Å²) in [6, 6.07) is 7.37. The fraction of sp³-hybridized carbons (Fsp3) is 0.261. The van der Waals surface area contributed by atoms with Crippen molar-refractivity contribution in [3.8, 4) is 5.69 Å². The number of hydrogen-bond donors (Lipinski definition) is 3. The van der Waals surface area contributed by atoms with Gasteiger partial charge < -0.3 is 21.1 Å². The van der Waals surface area contributed by atoms with Crippen LogP contribution in [0.1, 0.15) is 23.7 Å². The van der Waals surface area contributed by atoms with Crippen molar-refractivity contribution in [1.82, 2.24) is 19.9 Å². The number of primary amides is 1. The smallest absolute Gasteiger partial charge is 0.251 e. The molecule has 4 rings (SSSR count). The second-order valence-corrected chi connectivity index (χ2v) is 9.07. The minimum Gasteiger partial charge on any atom is -0.376 e. The molecule has 0 aliphatic carbocycles. The van der Waals surface area contributed by atoms with Gasteiger partial charge in [-0.25, -0.2) is 9.07 Å². The zero-order valence-electron chi connectivity index (χ0n) is 19.4. The molecule has 2 unspecified atom stereocenters. The molecule has 3 amide bonds. The van der Waals surface area contributed by atoms with Crippen LogP contribution in [0, 0.1) is 5.82 Å². The lowest BCUT2D eigenvalue weighted by Gasteiger charge is -2.41. The molecule has 0 radical (unpaired) electrons. The molecule has 1 aliphatic rings. The van der Waals surface area contributed by atoms with Crippen LogP contribution in [0.15, 0.2) is 42.6 Å². The highest BCUT2D eigenvalue weighted by atomic mass is 35.5. The van der Waals surface area contributed by atoms with Crippen molar-refractivity contribution in [2.75, 3.05) is 23.3 Å². The first-order valence-corrected chi connectivity index (χ1v) is 11.9. The Morgan fingerprint density at radius 3 is 2.62 bits per heavy atom. The number of piperazine rings is 1. The Balaban J connectivity index is 1.54. The van der Waals surface area contributed by atoms with Gasteiger partial charge in [0.05, 0.1) is 42.3 Å². The molecule has 2 heterocycles. The van der Waals surface area contributed by atoms with Crippen LogP contribution in [0.4, 0.5) is 15.8 Å². The second kappa shape index (κ2) is 10.8. The van der Waals surface area contributed by atoms with Gasteiger partial charge in [-0.3, -0.25) is 19.3 Å². The van der Waals surface area contributed by atoms with Crippen LogP contribution in [0.3, 0.4) is 0 Å². The minimum absolute atomic E-state index is 0.0977. The van der Waals surface area contributed by atoms with Crippen molar-refractivity contribution in [2.45, 2.75) is 25.6 Å². The maximum atomic E-state index is 14.1. The van der Waals surface area contributed by atoms with Gasteiger partial charge in [-0.2, -0.15) is 0 Å². The van der Waals surface area contributed by atoms with E-state index in [1.807, 2.05) is 0 Å². The standard InChI is InChI=1S/C23H22Cl2FN7O4/c1-2-16(23(37)28-13-4-5-14(22(27)36)15(26)8-13)31-10-21(35)32(11-20(31)34)18-7-12(24)3-6-17(18)33-9-19(25)29-30-33/h3-9,16,20,34H,2,10-11H2,1H3,(H2,27,36)(H,28,37). The highest BCUT2D eigenvalue weighted by Gasteiger charge is 2.39. The van der Waals surface area contributed by atoms with Crippen molar-refractivity contribution in [3.05, 3.63) is 64.2 Å². The van der Waals surface area contributed by atoms with Gasteiger partial charge in [0.15, 0.2) is 5.15 Å². The molecule has 4 N–H and O–H groups in total. The van der Waals surface area contributed by atoms with E-state index in [0.717, 1.165) is 12.1 Å². The van der Waals surface area contributed by atoms with E-state index in [0.29, 0.717) is 16.4 Å². The maximum absolute atomic E-state index is 14.1. The fourth-order valence-electron chi connectivity index (χ4n) is 4.12. The van der Waals surface area contributed by atoms with E-state index in [9.17, 15) is 23.9 Å². The van der Waals surface area contributed by atoms with Gasteiger partial charge in [0.1, 0.15) is 12.0 Å². The second-order valence-electron chi connectivity index (χ2n) is 8.25. The SMILES string of the molecule is CCC(C(=O)Nc1ccc(C(N)=O)c(F)c1)N1CC(=O)N(c2cc(Cl)ccc2-n2cc(Cl)nn2)CC1O. The van der Waals surface area contributed by atoms with Crippen LogP contribution in [0.25, 0.3) is 5.69 Å². The molecule has 14 heteroatoms. The first-order valence-electron chi connectivity index (χ1n) is 11.1. The van der Waals surface area contributed by atoms with E-state index < -0.39 is 35.8 Å². The van der Waals surface area contributed by atoms with Gasteiger partial charge >= 0.3 is 0 Å². The summed E-state index contributed by atoms with van der Waals surface area (Å²) in [4.78, 5) is 40.2. The van der Waals surface area contributed by atoms with E-state index >= 15 is 0 Å². The zero-order chi connectivity index (χ0) is 26.9. The van der Waals surface area contributed by atoms with Gasteiger partial charge in [-0.15, -0.1) is 5.10 Å². The Labute approximate surface area is 220 Å². The third-order valence-electron chi connectivity index (χ3n) is 5.88. The van der Waals surface area contributed by atoms with Crippen molar-refractivity contribution >= 4 is 52.3 Å². The molecule has 3 aromatic rings. The molecular formula is C23H22Cl2FN7O4. The number of benzene rings is 2. The lowest BCUT2D eigenvalue weighted by molar-refractivity contribution is -0.136.